The molecule has 0 aromatic heterocycles. The van der Waals surface area contributed by atoms with E-state index in [1.54, 1.807) is 6.08 Å². The predicted molar refractivity (Wildman–Crippen MR) is 40.1 cm³/mol. The molecule has 0 aromatic carbocycles. The average Bonchev–Trinajstić information content (AvgIpc) is 1.86. The Balaban J connectivity index is 2.65. The lowest BCUT2D eigenvalue weighted by atomic mass is 9.89. The Bertz CT molecular complexity index is 203. The largest absolute Gasteiger partial charge is 0.486 e. The summed E-state index contributed by atoms with van der Waals surface area (Å²) in [7, 11) is 0. The minimum atomic E-state index is -0.972. The minimum Gasteiger partial charge on any atom is -0.486 e. The number of allylic oxidation sites excluding steroid dienone is 1. The zero-order valence-electron chi connectivity index (χ0n) is 6.76. The summed E-state index contributed by atoms with van der Waals surface area (Å²) in [6.07, 6.45) is 2.40. The normalized spacial score (nSPS) is 21.8. The van der Waals surface area contributed by atoms with Gasteiger partial charge in [0.05, 0.1) is 6.61 Å². The van der Waals surface area contributed by atoms with Crippen LogP contribution in [0.4, 0.5) is 0 Å². The molecule has 62 valence electrons. The molecule has 3 nitrogen and oxygen atoms in total. The molecular formula is C8H12O3. The summed E-state index contributed by atoms with van der Waals surface area (Å²) in [5, 5.41) is 8.52. The van der Waals surface area contributed by atoms with Crippen molar-refractivity contribution in [1.29, 1.82) is 0 Å². The molecule has 1 rings (SSSR count). The topological polar surface area (TPSA) is 46.5 Å². The van der Waals surface area contributed by atoms with Crippen molar-refractivity contribution in [3.05, 3.63) is 11.8 Å². The highest BCUT2D eigenvalue weighted by molar-refractivity contribution is 5.84. The van der Waals surface area contributed by atoms with Gasteiger partial charge in [0.15, 0.2) is 5.76 Å². The molecule has 0 saturated heterocycles. The third kappa shape index (κ3) is 1.97. The number of ether oxygens (including phenoxy) is 1. The van der Waals surface area contributed by atoms with Gasteiger partial charge in [0.1, 0.15) is 0 Å². The molecule has 1 aliphatic heterocycles. The highest BCUT2D eigenvalue weighted by Gasteiger charge is 2.25. The maximum absolute atomic E-state index is 10.4. The summed E-state index contributed by atoms with van der Waals surface area (Å²) in [5.74, 6) is -0.884. The number of rotatable bonds is 1. The molecule has 0 aromatic rings. The summed E-state index contributed by atoms with van der Waals surface area (Å²) >= 11 is 0. The van der Waals surface area contributed by atoms with Crippen LogP contribution in [0.5, 0.6) is 0 Å². The monoisotopic (exact) mass is 156 g/mol. The molecule has 0 bridgehead atoms. The van der Waals surface area contributed by atoms with Crippen LogP contribution in [-0.4, -0.2) is 17.7 Å². The lowest BCUT2D eigenvalue weighted by Gasteiger charge is -2.27. The van der Waals surface area contributed by atoms with Gasteiger partial charge >= 0.3 is 5.97 Å². The summed E-state index contributed by atoms with van der Waals surface area (Å²) in [6, 6.07) is 0. The van der Waals surface area contributed by atoms with E-state index < -0.39 is 5.97 Å². The molecule has 0 unspecified atom stereocenters. The van der Waals surface area contributed by atoms with Crippen LogP contribution in [0, 0.1) is 5.41 Å². The summed E-state index contributed by atoms with van der Waals surface area (Å²) in [6.45, 7) is 4.58. The van der Waals surface area contributed by atoms with Gasteiger partial charge in [-0.25, -0.2) is 4.79 Å². The fourth-order valence-corrected chi connectivity index (χ4v) is 0.909. The Morgan fingerprint density at radius 1 is 1.73 bits per heavy atom. The smallest absolute Gasteiger partial charge is 0.370 e. The summed E-state index contributed by atoms with van der Waals surface area (Å²) in [5.41, 5.74) is 0.0823. The van der Waals surface area contributed by atoms with Crippen molar-refractivity contribution in [2.24, 2.45) is 5.41 Å². The van der Waals surface area contributed by atoms with Gasteiger partial charge in [-0.2, -0.15) is 0 Å². The first-order valence-corrected chi connectivity index (χ1v) is 3.57. The van der Waals surface area contributed by atoms with Gasteiger partial charge in [0, 0.05) is 5.41 Å². The number of carboxylic acid groups (broad SMARTS) is 1. The summed E-state index contributed by atoms with van der Waals surface area (Å²) in [4.78, 5) is 10.4. The maximum Gasteiger partial charge on any atom is 0.370 e. The molecule has 0 amide bonds. The molecule has 0 saturated carbocycles. The highest BCUT2D eigenvalue weighted by atomic mass is 16.5. The second-order valence-electron chi connectivity index (χ2n) is 3.53. The number of carboxylic acids is 1. The van der Waals surface area contributed by atoms with Crippen LogP contribution in [0.3, 0.4) is 0 Å². The Morgan fingerprint density at radius 2 is 2.36 bits per heavy atom. The van der Waals surface area contributed by atoms with Crippen LogP contribution in [0.2, 0.25) is 0 Å². The van der Waals surface area contributed by atoms with Crippen molar-refractivity contribution >= 4 is 5.97 Å². The van der Waals surface area contributed by atoms with Gasteiger partial charge in [0.2, 0.25) is 0 Å². The van der Waals surface area contributed by atoms with Crippen LogP contribution < -0.4 is 0 Å². The van der Waals surface area contributed by atoms with E-state index in [9.17, 15) is 4.79 Å². The van der Waals surface area contributed by atoms with E-state index in [1.165, 1.54) is 0 Å². The van der Waals surface area contributed by atoms with E-state index in [1.807, 2.05) is 13.8 Å². The molecule has 1 N–H and O–H groups in total. The molecule has 11 heavy (non-hydrogen) atoms. The van der Waals surface area contributed by atoms with E-state index in [0.29, 0.717) is 6.61 Å². The second-order valence-corrected chi connectivity index (χ2v) is 3.53. The van der Waals surface area contributed by atoms with Crippen molar-refractivity contribution in [2.75, 3.05) is 6.61 Å². The third-order valence-corrected chi connectivity index (χ3v) is 1.67. The molecule has 0 spiro atoms. The lowest BCUT2D eigenvalue weighted by molar-refractivity contribution is -0.137. The summed E-state index contributed by atoms with van der Waals surface area (Å²) < 4.78 is 5.02. The first kappa shape index (κ1) is 8.11. The fourth-order valence-electron chi connectivity index (χ4n) is 0.909. The first-order valence-electron chi connectivity index (χ1n) is 3.57. The van der Waals surface area contributed by atoms with E-state index in [4.69, 9.17) is 9.84 Å². The fraction of sp³-hybridized carbons (Fsp3) is 0.625. The molecule has 1 heterocycles. The number of carbonyl (C=O) groups is 1. The third-order valence-electron chi connectivity index (χ3n) is 1.67. The Hall–Kier alpha value is -0.990. The Labute approximate surface area is 65.7 Å². The van der Waals surface area contributed by atoms with Crippen molar-refractivity contribution in [3.8, 4) is 0 Å². The Kier molecular flexibility index (Phi) is 1.89. The molecule has 0 atom stereocenters. The van der Waals surface area contributed by atoms with Crippen molar-refractivity contribution in [3.63, 3.8) is 0 Å². The quantitative estimate of drug-likeness (QED) is 0.624. The van der Waals surface area contributed by atoms with Crippen molar-refractivity contribution < 1.29 is 14.6 Å². The Morgan fingerprint density at radius 3 is 2.73 bits per heavy atom. The van der Waals surface area contributed by atoms with E-state index in [2.05, 4.69) is 0 Å². The van der Waals surface area contributed by atoms with Gasteiger partial charge in [-0.3, -0.25) is 0 Å². The van der Waals surface area contributed by atoms with Crippen LogP contribution in [0.25, 0.3) is 0 Å². The predicted octanol–water partition coefficient (Wildman–Crippen LogP) is 1.40. The number of aliphatic carboxylic acids is 1. The molecule has 3 heteroatoms. The SMILES string of the molecule is CC1(C)CC=C(C(=O)O)OC1. The van der Waals surface area contributed by atoms with Gasteiger partial charge in [0.25, 0.3) is 0 Å². The van der Waals surface area contributed by atoms with Gasteiger partial charge in [-0.05, 0) is 12.5 Å². The molecule has 0 fully saturated rings. The van der Waals surface area contributed by atoms with Gasteiger partial charge < -0.3 is 9.84 Å². The van der Waals surface area contributed by atoms with Gasteiger partial charge in [-0.1, -0.05) is 13.8 Å². The van der Waals surface area contributed by atoms with E-state index in [-0.39, 0.29) is 11.2 Å². The zero-order chi connectivity index (χ0) is 8.48. The van der Waals surface area contributed by atoms with E-state index >= 15 is 0 Å². The van der Waals surface area contributed by atoms with Crippen molar-refractivity contribution in [2.45, 2.75) is 20.3 Å². The minimum absolute atomic E-state index is 0.0823. The number of hydrogen-bond acceptors (Lipinski definition) is 2. The highest BCUT2D eigenvalue weighted by Crippen LogP contribution is 2.27. The zero-order valence-corrected chi connectivity index (χ0v) is 6.76. The van der Waals surface area contributed by atoms with Crippen LogP contribution in [0.1, 0.15) is 20.3 Å². The first-order chi connectivity index (χ1) is 5.01. The average molecular weight is 156 g/mol. The molecular weight excluding hydrogens is 144 g/mol. The van der Waals surface area contributed by atoms with E-state index in [0.717, 1.165) is 6.42 Å². The molecule has 1 aliphatic rings. The lowest BCUT2D eigenvalue weighted by Crippen LogP contribution is -2.24. The second kappa shape index (κ2) is 2.57. The van der Waals surface area contributed by atoms with Crippen LogP contribution in [0.15, 0.2) is 11.8 Å². The maximum atomic E-state index is 10.4. The molecule has 0 radical (unpaired) electrons. The van der Waals surface area contributed by atoms with Gasteiger partial charge in [-0.15, -0.1) is 0 Å². The number of hydrogen-bond donors (Lipinski definition) is 1. The standard InChI is InChI=1S/C8H12O3/c1-8(2)4-3-6(7(9)10)11-5-8/h3H,4-5H2,1-2H3,(H,9,10). The van der Waals surface area contributed by atoms with Crippen LogP contribution >= 0.6 is 0 Å². The van der Waals surface area contributed by atoms with Crippen molar-refractivity contribution in [1.82, 2.24) is 0 Å². The molecule has 0 aliphatic carbocycles. The van der Waals surface area contributed by atoms with Crippen LogP contribution in [-0.2, 0) is 9.53 Å².